The number of nitrogens with one attached hydrogen (secondary N) is 1. The van der Waals surface area contributed by atoms with E-state index in [1.54, 1.807) is 11.1 Å². The first-order valence-electron chi connectivity index (χ1n) is 12.9. The summed E-state index contributed by atoms with van der Waals surface area (Å²) in [5, 5.41) is 3.20. The third-order valence-corrected chi connectivity index (χ3v) is 7.53. The fourth-order valence-corrected chi connectivity index (χ4v) is 5.61. The Kier molecular flexibility index (Phi) is 6.26. The van der Waals surface area contributed by atoms with Crippen molar-refractivity contribution in [2.75, 3.05) is 0 Å². The lowest BCUT2D eigenvalue weighted by Crippen LogP contribution is -2.10. The van der Waals surface area contributed by atoms with Crippen LogP contribution in [0.4, 0.5) is 4.39 Å². The SMILES string of the molecule is C1=CC2=CC=C(CC2)N1.Fc1ccc(/C=C/c2cccc3c2CCc2c-3ccc3c2CCC=C3)cc1. The van der Waals surface area contributed by atoms with Crippen molar-refractivity contribution >= 4 is 18.2 Å². The molecule has 0 unspecified atom stereocenters. The van der Waals surface area contributed by atoms with Crippen LogP contribution in [0, 0.1) is 5.82 Å². The van der Waals surface area contributed by atoms with Crippen LogP contribution >= 0.6 is 0 Å². The number of benzene rings is 3. The minimum Gasteiger partial charge on any atom is -0.365 e. The van der Waals surface area contributed by atoms with Gasteiger partial charge in [-0.3, -0.25) is 0 Å². The summed E-state index contributed by atoms with van der Waals surface area (Å²) in [7, 11) is 0. The van der Waals surface area contributed by atoms with Crippen molar-refractivity contribution in [3.05, 3.63) is 136 Å². The van der Waals surface area contributed by atoms with Crippen LogP contribution in [0.1, 0.15) is 52.6 Å². The molecule has 0 saturated heterocycles. The van der Waals surface area contributed by atoms with Crippen LogP contribution in [0.3, 0.4) is 0 Å². The first-order valence-corrected chi connectivity index (χ1v) is 12.9. The van der Waals surface area contributed by atoms with Gasteiger partial charge in [-0.05, 0) is 113 Å². The maximum atomic E-state index is 13.1. The largest absolute Gasteiger partial charge is 0.365 e. The number of allylic oxidation sites excluding steroid dienone is 6. The van der Waals surface area contributed by atoms with Crippen LogP contribution in [0.2, 0.25) is 0 Å². The predicted molar refractivity (Wildman–Crippen MR) is 150 cm³/mol. The summed E-state index contributed by atoms with van der Waals surface area (Å²) in [6, 6.07) is 17.8. The maximum absolute atomic E-state index is 13.1. The molecule has 3 aliphatic carbocycles. The summed E-state index contributed by atoms with van der Waals surface area (Å²) in [6.07, 6.45) is 24.1. The van der Waals surface area contributed by atoms with Crippen molar-refractivity contribution in [2.45, 2.75) is 38.5 Å². The second-order valence-electron chi connectivity index (χ2n) is 9.77. The maximum Gasteiger partial charge on any atom is 0.123 e. The Balaban J connectivity index is 0.000000223. The van der Waals surface area contributed by atoms with E-state index in [-0.39, 0.29) is 5.82 Å². The molecular weight excluding hydrogens is 441 g/mol. The summed E-state index contributed by atoms with van der Waals surface area (Å²) in [4.78, 5) is 0. The van der Waals surface area contributed by atoms with Crippen LogP contribution in [-0.4, -0.2) is 0 Å². The standard InChI is InChI=1S/C26H21F.C8H9N/c27-21-13-9-18(10-14-21)8-11-20-5-3-7-24-23(20)16-17-25-22-6-2-1-4-19(22)12-15-26(24)25;1-3-8-4-2-7(1)5-6-9-8/h1,3-5,7-15H,2,6,16-17H2;1,3,5-6,9H,2,4H2/b11-8+;. The van der Waals surface area contributed by atoms with Crippen molar-refractivity contribution in [1.29, 1.82) is 0 Å². The molecule has 0 saturated carbocycles. The van der Waals surface area contributed by atoms with Crippen molar-refractivity contribution in [3.8, 4) is 11.1 Å². The van der Waals surface area contributed by atoms with E-state index < -0.39 is 0 Å². The fraction of sp³-hybridized carbons (Fsp3) is 0.176. The lowest BCUT2D eigenvalue weighted by Gasteiger charge is -2.26. The van der Waals surface area contributed by atoms with Crippen LogP contribution in [0.15, 0.2) is 96.4 Å². The minimum atomic E-state index is -0.195. The molecule has 1 N–H and O–H groups in total. The second-order valence-corrected chi connectivity index (χ2v) is 9.77. The predicted octanol–water partition coefficient (Wildman–Crippen LogP) is 8.43. The average Bonchev–Trinajstić information content (AvgIpc) is 3.31. The van der Waals surface area contributed by atoms with Crippen molar-refractivity contribution < 1.29 is 4.39 Å². The van der Waals surface area contributed by atoms with Gasteiger partial charge >= 0.3 is 0 Å². The van der Waals surface area contributed by atoms with Gasteiger partial charge in [0.1, 0.15) is 5.82 Å². The quantitative estimate of drug-likeness (QED) is 0.370. The van der Waals surface area contributed by atoms with Gasteiger partial charge in [-0.25, -0.2) is 4.39 Å². The number of hydrogen-bond acceptors (Lipinski definition) is 1. The molecule has 36 heavy (non-hydrogen) atoms. The average molecular weight is 472 g/mol. The first-order chi connectivity index (χ1) is 17.7. The monoisotopic (exact) mass is 471 g/mol. The third-order valence-electron chi connectivity index (χ3n) is 7.53. The molecule has 2 heterocycles. The van der Waals surface area contributed by atoms with E-state index in [1.807, 2.05) is 18.3 Å². The lowest BCUT2D eigenvalue weighted by molar-refractivity contribution is 0.628. The van der Waals surface area contributed by atoms with Crippen LogP contribution in [0.25, 0.3) is 29.4 Å². The van der Waals surface area contributed by atoms with Crippen molar-refractivity contribution in [1.82, 2.24) is 5.32 Å². The van der Waals surface area contributed by atoms with Crippen molar-refractivity contribution in [2.24, 2.45) is 0 Å². The second kappa shape index (κ2) is 9.99. The molecule has 0 atom stereocenters. The summed E-state index contributed by atoms with van der Waals surface area (Å²) >= 11 is 0. The lowest BCUT2D eigenvalue weighted by atomic mass is 9.78. The van der Waals surface area contributed by atoms with Crippen LogP contribution in [0.5, 0.6) is 0 Å². The zero-order chi connectivity index (χ0) is 24.3. The highest BCUT2D eigenvalue weighted by molar-refractivity contribution is 5.82. The highest BCUT2D eigenvalue weighted by atomic mass is 19.1. The molecule has 8 rings (SSSR count). The molecule has 3 aromatic rings. The van der Waals surface area contributed by atoms with E-state index in [0.717, 1.165) is 31.2 Å². The molecule has 0 fully saturated rings. The molecule has 0 amide bonds. The molecule has 3 aromatic carbocycles. The van der Waals surface area contributed by atoms with Gasteiger partial charge in [0.15, 0.2) is 0 Å². The molecule has 2 heteroatoms. The summed E-state index contributed by atoms with van der Waals surface area (Å²) < 4.78 is 13.1. The Labute approximate surface area is 213 Å². The first kappa shape index (κ1) is 22.5. The summed E-state index contributed by atoms with van der Waals surface area (Å²) in [5.41, 5.74) is 13.8. The number of halogens is 1. The molecule has 1 nitrogen and oxygen atoms in total. The van der Waals surface area contributed by atoms with Gasteiger partial charge in [-0.1, -0.05) is 72.8 Å². The molecule has 178 valence electrons. The Morgan fingerprint density at radius 3 is 2.42 bits per heavy atom. The number of hydrogen-bond donors (Lipinski definition) is 1. The van der Waals surface area contributed by atoms with E-state index in [9.17, 15) is 4.39 Å². The molecule has 5 aliphatic rings. The highest BCUT2D eigenvalue weighted by Gasteiger charge is 2.22. The Hall–Kier alpha value is -3.91. The van der Waals surface area contributed by atoms with Gasteiger partial charge in [0.05, 0.1) is 0 Å². The van der Waals surface area contributed by atoms with Crippen LogP contribution in [-0.2, 0) is 19.3 Å². The topological polar surface area (TPSA) is 12.0 Å². The number of fused-ring (bicyclic) bond motifs is 8. The molecule has 2 bridgehead atoms. The summed E-state index contributed by atoms with van der Waals surface area (Å²) in [6.45, 7) is 0. The van der Waals surface area contributed by atoms with E-state index >= 15 is 0 Å². The van der Waals surface area contributed by atoms with E-state index in [4.69, 9.17) is 0 Å². The van der Waals surface area contributed by atoms with E-state index in [2.05, 4.69) is 78.2 Å². The minimum absolute atomic E-state index is 0.195. The summed E-state index contributed by atoms with van der Waals surface area (Å²) in [5.74, 6) is -0.195. The van der Waals surface area contributed by atoms with Gasteiger partial charge in [0, 0.05) is 11.9 Å². The van der Waals surface area contributed by atoms with Gasteiger partial charge in [-0.15, -0.1) is 0 Å². The number of rotatable bonds is 2. The Morgan fingerprint density at radius 2 is 1.56 bits per heavy atom. The van der Waals surface area contributed by atoms with Gasteiger partial charge < -0.3 is 5.32 Å². The highest BCUT2D eigenvalue weighted by Crippen LogP contribution is 2.39. The zero-order valence-electron chi connectivity index (χ0n) is 20.4. The Bertz CT molecular complexity index is 1450. The van der Waals surface area contributed by atoms with Crippen LogP contribution < -0.4 is 5.32 Å². The molecular formula is C34H30FN. The van der Waals surface area contributed by atoms with Gasteiger partial charge in [0.25, 0.3) is 0 Å². The fourth-order valence-electron chi connectivity index (χ4n) is 5.61. The Morgan fingerprint density at radius 1 is 0.694 bits per heavy atom. The molecule has 0 radical (unpaired) electrons. The van der Waals surface area contributed by atoms with E-state index in [1.165, 1.54) is 64.1 Å². The van der Waals surface area contributed by atoms with Crippen molar-refractivity contribution in [3.63, 3.8) is 0 Å². The van der Waals surface area contributed by atoms with Gasteiger partial charge in [-0.2, -0.15) is 0 Å². The molecule has 0 aromatic heterocycles. The molecule has 2 aliphatic heterocycles. The third kappa shape index (κ3) is 4.64. The van der Waals surface area contributed by atoms with Gasteiger partial charge in [0.2, 0.25) is 0 Å². The smallest absolute Gasteiger partial charge is 0.123 e. The normalized spacial score (nSPS) is 16.6. The van der Waals surface area contributed by atoms with E-state index in [0.29, 0.717) is 0 Å². The zero-order valence-corrected chi connectivity index (χ0v) is 20.4. The molecule has 0 spiro atoms.